The number of nitrogens with one attached hydrogen (secondary N) is 1. The summed E-state index contributed by atoms with van der Waals surface area (Å²) < 4.78 is 32.1. The summed E-state index contributed by atoms with van der Waals surface area (Å²) in [5, 5.41) is 0. The van der Waals surface area contributed by atoms with Crippen LogP contribution in [0.15, 0.2) is 15.4 Å². The molecule has 0 amide bonds. The predicted molar refractivity (Wildman–Crippen MR) is 72.2 cm³/mol. The molecule has 1 aromatic rings. The average molecular weight is 287 g/mol. The lowest BCUT2D eigenvalue weighted by Gasteiger charge is -2.14. The molecule has 0 atom stereocenters. The van der Waals surface area contributed by atoms with Crippen molar-refractivity contribution in [3.8, 4) is 0 Å². The van der Waals surface area contributed by atoms with Crippen molar-refractivity contribution in [2.24, 2.45) is 5.73 Å². The van der Waals surface area contributed by atoms with Gasteiger partial charge in [0.25, 0.3) is 0 Å². The molecule has 0 saturated carbocycles. The van der Waals surface area contributed by atoms with Gasteiger partial charge in [0.1, 0.15) is 16.4 Å². The molecule has 0 aromatic carbocycles. The molecule has 1 aromatic heterocycles. The Bertz CT molecular complexity index is 518. The van der Waals surface area contributed by atoms with Crippen LogP contribution in [0.5, 0.6) is 0 Å². The second-order valence-electron chi connectivity index (χ2n) is 4.78. The van der Waals surface area contributed by atoms with E-state index in [4.69, 9.17) is 10.2 Å². The molecule has 7 heteroatoms. The molecule has 19 heavy (non-hydrogen) atoms. The lowest BCUT2D eigenvalue weighted by Crippen LogP contribution is -2.33. The van der Waals surface area contributed by atoms with Gasteiger partial charge in [-0.25, -0.2) is 13.1 Å². The van der Waals surface area contributed by atoms with E-state index in [1.54, 1.807) is 6.92 Å². The Hall–Kier alpha value is -0.890. The predicted octanol–water partition coefficient (Wildman–Crippen LogP) is 0.421. The molecular formula is C12H21N3O3S. The van der Waals surface area contributed by atoms with Crippen LogP contribution in [0.1, 0.15) is 24.4 Å². The first-order chi connectivity index (χ1) is 9.03. The molecule has 3 N–H and O–H groups in total. The average Bonchev–Trinajstić information content (AvgIpc) is 2.98. The molecule has 0 bridgehead atoms. The third-order valence-electron chi connectivity index (χ3n) is 3.33. The van der Waals surface area contributed by atoms with E-state index < -0.39 is 10.0 Å². The minimum atomic E-state index is -3.50. The van der Waals surface area contributed by atoms with Crippen molar-refractivity contribution in [2.45, 2.75) is 31.2 Å². The zero-order chi connectivity index (χ0) is 13.9. The van der Waals surface area contributed by atoms with Crippen LogP contribution in [0.4, 0.5) is 0 Å². The van der Waals surface area contributed by atoms with Gasteiger partial charge in [-0.2, -0.15) is 0 Å². The molecule has 0 aliphatic carbocycles. The van der Waals surface area contributed by atoms with Gasteiger partial charge >= 0.3 is 0 Å². The highest BCUT2D eigenvalue weighted by Crippen LogP contribution is 2.19. The number of likely N-dealkylation sites (tertiary alicyclic amines) is 1. The van der Waals surface area contributed by atoms with Gasteiger partial charge in [-0.3, -0.25) is 0 Å². The second-order valence-corrected chi connectivity index (χ2v) is 6.52. The molecule has 0 radical (unpaired) electrons. The van der Waals surface area contributed by atoms with E-state index in [0.717, 1.165) is 19.6 Å². The van der Waals surface area contributed by atoms with E-state index in [1.807, 2.05) is 0 Å². The van der Waals surface area contributed by atoms with E-state index in [1.165, 1.54) is 18.9 Å². The highest BCUT2D eigenvalue weighted by Gasteiger charge is 2.21. The highest BCUT2D eigenvalue weighted by atomic mass is 32.2. The molecule has 1 aliphatic heterocycles. The van der Waals surface area contributed by atoms with E-state index >= 15 is 0 Å². The van der Waals surface area contributed by atoms with E-state index in [0.29, 0.717) is 18.1 Å². The number of aryl methyl sites for hydroxylation is 1. The van der Waals surface area contributed by atoms with Gasteiger partial charge in [-0.15, -0.1) is 0 Å². The number of hydrogen-bond donors (Lipinski definition) is 2. The van der Waals surface area contributed by atoms with E-state index in [2.05, 4.69) is 9.62 Å². The minimum absolute atomic E-state index is 0.189. The van der Waals surface area contributed by atoms with Crippen molar-refractivity contribution >= 4 is 10.0 Å². The lowest BCUT2D eigenvalue weighted by atomic mass is 10.4. The summed E-state index contributed by atoms with van der Waals surface area (Å²) in [5.41, 5.74) is 5.44. The standard InChI is InChI=1S/C12H21N3O3S/c1-10-12(8-11(9-13)18-10)19(16,17)14-4-7-15-5-2-3-6-15/h8,14H,2-7,9,13H2,1H3. The van der Waals surface area contributed by atoms with Gasteiger partial charge in [0.15, 0.2) is 0 Å². The summed E-state index contributed by atoms with van der Waals surface area (Å²) in [6, 6.07) is 1.49. The molecule has 0 spiro atoms. The topological polar surface area (TPSA) is 88.6 Å². The van der Waals surface area contributed by atoms with Crippen molar-refractivity contribution in [3.63, 3.8) is 0 Å². The third kappa shape index (κ3) is 3.56. The maximum atomic E-state index is 12.1. The summed E-state index contributed by atoms with van der Waals surface area (Å²) in [6.07, 6.45) is 2.40. The quantitative estimate of drug-likeness (QED) is 0.791. The number of furan rings is 1. The fraction of sp³-hybridized carbons (Fsp3) is 0.667. The number of nitrogens with zero attached hydrogens (tertiary/aromatic N) is 1. The number of hydrogen-bond acceptors (Lipinski definition) is 5. The van der Waals surface area contributed by atoms with E-state index in [-0.39, 0.29) is 11.4 Å². The summed E-state index contributed by atoms with van der Waals surface area (Å²) in [6.45, 7) is 5.12. The SMILES string of the molecule is Cc1oc(CN)cc1S(=O)(=O)NCCN1CCCC1. The monoisotopic (exact) mass is 287 g/mol. The Morgan fingerprint density at radius 2 is 2.11 bits per heavy atom. The van der Waals surface area contributed by atoms with Gasteiger partial charge in [0, 0.05) is 19.2 Å². The van der Waals surface area contributed by atoms with Crippen molar-refractivity contribution in [3.05, 3.63) is 17.6 Å². The maximum absolute atomic E-state index is 12.1. The number of rotatable bonds is 6. The van der Waals surface area contributed by atoms with Crippen molar-refractivity contribution < 1.29 is 12.8 Å². The first-order valence-electron chi connectivity index (χ1n) is 6.54. The fourth-order valence-corrected chi connectivity index (χ4v) is 3.54. The molecule has 6 nitrogen and oxygen atoms in total. The Morgan fingerprint density at radius 1 is 1.42 bits per heavy atom. The maximum Gasteiger partial charge on any atom is 0.244 e. The largest absolute Gasteiger partial charge is 0.464 e. The van der Waals surface area contributed by atoms with Crippen molar-refractivity contribution in [2.75, 3.05) is 26.2 Å². The molecule has 0 unspecified atom stereocenters. The molecule has 1 fully saturated rings. The van der Waals surface area contributed by atoms with Gasteiger partial charge in [-0.1, -0.05) is 0 Å². The zero-order valence-corrected chi connectivity index (χ0v) is 12.0. The highest BCUT2D eigenvalue weighted by molar-refractivity contribution is 7.89. The minimum Gasteiger partial charge on any atom is -0.464 e. The van der Waals surface area contributed by atoms with Gasteiger partial charge < -0.3 is 15.1 Å². The normalized spacial score (nSPS) is 17.2. The summed E-state index contributed by atoms with van der Waals surface area (Å²) in [7, 11) is -3.50. The molecule has 2 rings (SSSR count). The number of nitrogens with two attached hydrogens (primary N) is 1. The first-order valence-corrected chi connectivity index (χ1v) is 8.02. The van der Waals surface area contributed by atoms with Crippen molar-refractivity contribution in [1.29, 1.82) is 0 Å². The summed E-state index contributed by atoms with van der Waals surface area (Å²) >= 11 is 0. The van der Waals surface area contributed by atoms with Gasteiger partial charge in [-0.05, 0) is 32.9 Å². The van der Waals surface area contributed by atoms with Crippen LogP contribution in [-0.4, -0.2) is 39.5 Å². The Morgan fingerprint density at radius 3 is 2.68 bits per heavy atom. The van der Waals surface area contributed by atoms with Crippen molar-refractivity contribution in [1.82, 2.24) is 9.62 Å². The van der Waals surface area contributed by atoms with E-state index in [9.17, 15) is 8.42 Å². The third-order valence-corrected chi connectivity index (χ3v) is 4.90. The van der Waals surface area contributed by atoms with Crippen LogP contribution in [0.2, 0.25) is 0 Å². The molecular weight excluding hydrogens is 266 g/mol. The molecule has 1 aliphatic rings. The zero-order valence-electron chi connectivity index (χ0n) is 11.2. The van der Waals surface area contributed by atoms with Crippen LogP contribution >= 0.6 is 0 Å². The second kappa shape index (κ2) is 6.04. The Labute approximate surface area is 114 Å². The molecule has 108 valence electrons. The van der Waals surface area contributed by atoms with Crippen LogP contribution in [0.25, 0.3) is 0 Å². The smallest absolute Gasteiger partial charge is 0.244 e. The van der Waals surface area contributed by atoms with Crippen LogP contribution in [-0.2, 0) is 16.6 Å². The first kappa shape index (κ1) is 14.5. The number of sulfonamides is 1. The Balaban J connectivity index is 1.95. The van der Waals surface area contributed by atoms with Gasteiger partial charge in [0.05, 0.1) is 6.54 Å². The summed E-state index contributed by atoms with van der Waals surface area (Å²) in [4.78, 5) is 2.45. The van der Waals surface area contributed by atoms with Crippen LogP contribution < -0.4 is 10.5 Å². The fourth-order valence-electron chi connectivity index (χ4n) is 2.31. The Kier molecular flexibility index (Phi) is 4.62. The summed E-state index contributed by atoms with van der Waals surface area (Å²) in [5.74, 6) is 0.867. The molecule has 2 heterocycles. The lowest BCUT2D eigenvalue weighted by molar-refractivity contribution is 0.344. The van der Waals surface area contributed by atoms with Crippen LogP contribution in [0, 0.1) is 6.92 Å². The van der Waals surface area contributed by atoms with Gasteiger partial charge in [0.2, 0.25) is 10.0 Å². The van der Waals surface area contributed by atoms with Crippen LogP contribution in [0.3, 0.4) is 0 Å². The molecule has 1 saturated heterocycles.